The molecule has 2 unspecified atom stereocenters. The Morgan fingerprint density at radius 1 is 1.25 bits per heavy atom. The molecule has 0 aromatic carbocycles. The third-order valence-electron chi connectivity index (χ3n) is 5.01. The van der Waals surface area contributed by atoms with Crippen LogP contribution < -0.4 is 5.73 Å². The fraction of sp³-hybridized carbons (Fsp3) is 0.867. The van der Waals surface area contributed by atoms with Gasteiger partial charge in [-0.25, -0.2) is 0 Å². The number of amidine groups is 1. The summed E-state index contributed by atoms with van der Waals surface area (Å²) in [4.78, 5) is 15.0. The topological polar surface area (TPSA) is 78.9 Å². The van der Waals surface area contributed by atoms with E-state index >= 15 is 0 Å². The average molecular weight is 281 g/mol. The van der Waals surface area contributed by atoms with Crippen molar-refractivity contribution in [1.82, 2.24) is 4.90 Å². The van der Waals surface area contributed by atoms with Crippen LogP contribution in [0.4, 0.5) is 0 Å². The zero-order valence-electron chi connectivity index (χ0n) is 12.6. The van der Waals surface area contributed by atoms with E-state index in [4.69, 9.17) is 10.9 Å². The summed E-state index contributed by atoms with van der Waals surface area (Å²) in [5.74, 6) is 0.715. The van der Waals surface area contributed by atoms with Gasteiger partial charge in [-0.05, 0) is 32.1 Å². The highest BCUT2D eigenvalue weighted by Gasteiger charge is 2.47. The van der Waals surface area contributed by atoms with Crippen molar-refractivity contribution in [2.45, 2.75) is 64.8 Å². The molecule has 2 fully saturated rings. The number of carbonyl (C=O) groups is 1. The standard InChI is InChI=1S/C15H27N3O2/c1-11-9-12(2)18(10-11)14(19)15(13(16)17-20)7-5-3-4-6-8-15/h11-12,20H,3-10H2,1-2H3,(H2,16,17). The first-order valence-corrected chi connectivity index (χ1v) is 7.80. The minimum atomic E-state index is -0.774. The van der Waals surface area contributed by atoms with Gasteiger partial charge in [0.1, 0.15) is 5.41 Å². The zero-order chi connectivity index (χ0) is 14.8. The van der Waals surface area contributed by atoms with Gasteiger partial charge in [0.15, 0.2) is 5.84 Å². The number of hydrogen-bond donors (Lipinski definition) is 2. The number of rotatable bonds is 2. The molecule has 5 heteroatoms. The lowest BCUT2D eigenvalue weighted by atomic mass is 9.77. The van der Waals surface area contributed by atoms with Crippen LogP contribution in [0.2, 0.25) is 0 Å². The zero-order valence-corrected chi connectivity index (χ0v) is 12.6. The van der Waals surface area contributed by atoms with Gasteiger partial charge in [-0.2, -0.15) is 0 Å². The van der Waals surface area contributed by atoms with E-state index in [1.54, 1.807) is 0 Å². The Labute approximate surface area is 121 Å². The highest BCUT2D eigenvalue weighted by Crippen LogP contribution is 2.39. The second kappa shape index (κ2) is 6.02. The summed E-state index contributed by atoms with van der Waals surface area (Å²) in [6.45, 7) is 5.06. The number of oxime groups is 1. The van der Waals surface area contributed by atoms with Gasteiger partial charge in [0.2, 0.25) is 5.91 Å². The number of likely N-dealkylation sites (tertiary alicyclic amines) is 1. The molecule has 1 amide bonds. The second-order valence-electron chi connectivity index (χ2n) is 6.63. The molecule has 5 nitrogen and oxygen atoms in total. The van der Waals surface area contributed by atoms with Gasteiger partial charge in [0.25, 0.3) is 0 Å². The third kappa shape index (κ3) is 2.63. The van der Waals surface area contributed by atoms with E-state index in [9.17, 15) is 4.79 Å². The SMILES string of the molecule is CC1CC(C)N(C(=O)C2(C(N)=NO)CCCCCC2)C1. The summed E-state index contributed by atoms with van der Waals surface area (Å²) in [5, 5.41) is 12.4. The maximum absolute atomic E-state index is 13.1. The van der Waals surface area contributed by atoms with E-state index in [2.05, 4.69) is 19.0 Å². The molecule has 3 N–H and O–H groups in total. The highest BCUT2D eigenvalue weighted by molar-refractivity contribution is 6.06. The molecular weight excluding hydrogens is 254 g/mol. The normalized spacial score (nSPS) is 31.1. The van der Waals surface area contributed by atoms with E-state index in [0.717, 1.165) is 38.6 Å². The number of hydrogen-bond acceptors (Lipinski definition) is 3. The monoisotopic (exact) mass is 281 g/mol. The largest absolute Gasteiger partial charge is 0.409 e. The van der Waals surface area contributed by atoms with Gasteiger partial charge in [-0.3, -0.25) is 4.79 Å². The summed E-state index contributed by atoms with van der Waals surface area (Å²) >= 11 is 0. The first-order chi connectivity index (χ1) is 9.51. The van der Waals surface area contributed by atoms with E-state index in [0.29, 0.717) is 18.8 Å². The Bertz CT molecular complexity index is 387. The van der Waals surface area contributed by atoms with E-state index in [-0.39, 0.29) is 17.8 Å². The van der Waals surface area contributed by atoms with Crippen molar-refractivity contribution in [2.24, 2.45) is 22.2 Å². The number of nitrogens with two attached hydrogens (primary N) is 1. The Morgan fingerprint density at radius 2 is 1.85 bits per heavy atom. The van der Waals surface area contributed by atoms with Crippen molar-refractivity contribution in [3.05, 3.63) is 0 Å². The number of carbonyl (C=O) groups excluding carboxylic acids is 1. The maximum atomic E-state index is 13.1. The van der Waals surface area contributed by atoms with Crippen LogP contribution in [0.15, 0.2) is 5.16 Å². The first-order valence-electron chi connectivity index (χ1n) is 7.80. The molecule has 2 rings (SSSR count). The van der Waals surface area contributed by atoms with Crippen molar-refractivity contribution in [2.75, 3.05) is 6.54 Å². The van der Waals surface area contributed by atoms with Gasteiger partial charge >= 0.3 is 0 Å². The van der Waals surface area contributed by atoms with Crippen molar-refractivity contribution in [1.29, 1.82) is 0 Å². The number of amides is 1. The molecule has 1 aliphatic carbocycles. The van der Waals surface area contributed by atoms with Gasteiger partial charge in [0, 0.05) is 12.6 Å². The quantitative estimate of drug-likeness (QED) is 0.268. The van der Waals surface area contributed by atoms with Crippen LogP contribution in [0.5, 0.6) is 0 Å². The average Bonchev–Trinajstić information content (AvgIpc) is 2.66. The number of nitrogens with zero attached hydrogens (tertiary/aromatic N) is 2. The van der Waals surface area contributed by atoms with Crippen molar-refractivity contribution >= 4 is 11.7 Å². The van der Waals surface area contributed by atoms with Crippen LogP contribution in [0.1, 0.15) is 58.8 Å². The van der Waals surface area contributed by atoms with Gasteiger partial charge in [-0.15, -0.1) is 0 Å². The summed E-state index contributed by atoms with van der Waals surface area (Å²) in [6.07, 6.45) is 6.65. The minimum absolute atomic E-state index is 0.0755. The minimum Gasteiger partial charge on any atom is -0.409 e. The molecule has 1 heterocycles. The lowest BCUT2D eigenvalue weighted by Crippen LogP contribution is -2.52. The summed E-state index contributed by atoms with van der Waals surface area (Å²) in [6, 6.07) is 0.254. The first kappa shape index (κ1) is 15.1. The fourth-order valence-electron chi connectivity index (χ4n) is 3.87. The maximum Gasteiger partial charge on any atom is 0.236 e. The van der Waals surface area contributed by atoms with Crippen molar-refractivity contribution in [3.8, 4) is 0 Å². The lowest BCUT2D eigenvalue weighted by molar-refractivity contribution is -0.139. The molecule has 1 aliphatic heterocycles. The smallest absolute Gasteiger partial charge is 0.236 e. The summed E-state index contributed by atoms with van der Waals surface area (Å²) in [5.41, 5.74) is 5.18. The van der Waals surface area contributed by atoms with Crippen LogP contribution in [-0.2, 0) is 4.79 Å². The van der Waals surface area contributed by atoms with Crippen molar-refractivity contribution in [3.63, 3.8) is 0 Å². The van der Waals surface area contributed by atoms with E-state index in [1.807, 2.05) is 4.90 Å². The molecule has 114 valence electrons. The van der Waals surface area contributed by atoms with Crippen LogP contribution in [-0.4, -0.2) is 34.4 Å². The predicted molar refractivity (Wildman–Crippen MR) is 78.5 cm³/mol. The highest BCUT2D eigenvalue weighted by atomic mass is 16.4. The molecule has 2 atom stereocenters. The molecule has 0 aromatic rings. The third-order valence-corrected chi connectivity index (χ3v) is 5.01. The molecule has 20 heavy (non-hydrogen) atoms. The van der Waals surface area contributed by atoms with Crippen LogP contribution in [0, 0.1) is 11.3 Å². The van der Waals surface area contributed by atoms with Crippen LogP contribution >= 0.6 is 0 Å². The molecular formula is C15H27N3O2. The van der Waals surface area contributed by atoms with Crippen LogP contribution in [0.25, 0.3) is 0 Å². The molecule has 1 saturated heterocycles. The molecule has 0 spiro atoms. The van der Waals surface area contributed by atoms with Gasteiger partial charge < -0.3 is 15.8 Å². The molecule has 0 aromatic heterocycles. The van der Waals surface area contributed by atoms with E-state index in [1.165, 1.54) is 0 Å². The fourth-order valence-corrected chi connectivity index (χ4v) is 3.87. The molecule has 2 aliphatic rings. The van der Waals surface area contributed by atoms with Gasteiger partial charge in [-0.1, -0.05) is 37.8 Å². The second-order valence-corrected chi connectivity index (χ2v) is 6.63. The van der Waals surface area contributed by atoms with Crippen molar-refractivity contribution < 1.29 is 10.0 Å². The molecule has 0 radical (unpaired) electrons. The Morgan fingerprint density at radius 3 is 2.30 bits per heavy atom. The summed E-state index contributed by atoms with van der Waals surface area (Å²) in [7, 11) is 0. The van der Waals surface area contributed by atoms with E-state index < -0.39 is 5.41 Å². The van der Waals surface area contributed by atoms with Gasteiger partial charge in [0.05, 0.1) is 0 Å². The molecule has 0 bridgehead atoms. The molecule has 1 saturated carbocycles. The Kier molecular flexibility index (Phi) is 4.55. The van der Waals surface area contributed by atoms with Crippen LogP contribution in [0.3, 0.4) is 0 Å². The Balaban J connectivity index is 2.28. The lowest BCUT2D eigenvalue weighted by Gasteiger charge is -2.36. The Hall–Kier alpha value is -1.26. The predicted octanol–water partition coefficient (Wildman–Crippen LogP) is 2.33. The summed E-state index contributed by atoms with van der Waals surface area (Å²) < 4.78 is 0.